The Morgan fingerprint density at radius 3 is 2.71 bits per heavy atom. The van der Waals surface area contributed by atoms with Crippen LogP contribution in [0, 0.1) is 5.82 Å². The lowest BCUT2D eigenvalue weighted by atomic mass is 10.1. The third-order valence-corrected chi connectivity index (χ3v) is 3.81. The van der Waals surface area contributed by atoms with Gasteiger partial charge in [0.25, 0.3) is 0 Å². The van der Waals surface area contributed by atoms with Crippen LogP contribution in [0.25, 0.3) is 0 Å². The second kappa shape index (κ2) is 7.12. The van der Waals surface area contributed by atoms with Gasteiger partial charge >= 0.3 is 0 Å². The van der Waals surface area contributed by atoms with Crippen molar-refractivity contribution in [3.8, 4) is 5.75 Å². The summed E-state index contributed by atoms with van der Waals surface area (Å²) >= 11 is 11.8. The van der Waals surface area contributed by atoms with E-state index in [1.165, 1.54) is 6.07 Å². The molecule has 5 heteroatoms. The van der Waals surface area contributed by atoms with E-state index < -0.39 is 5.82 Å². The molecule has 112 valence electrons. The lowest BCUT2D eigenvalue weighted by Gasteiger charge is -2.17. The van der Waals surface area contributed by atoms with Crippen LogP contribution in [-0.2, 0) is 6.61 Å². The number of rotatable bonds is 5. The third-order valence-electron chi connectivity index (χ3n) is 3.29. The van der Waals surface area contributed by atoms with Gasteiger partial charge in [0.2, 0.25) is 0 Å². The Labute approximate surface area is 133 Å². The number of halogens is 3. The molecule has 0 aliphatic carbocycles. The van der Waals surface area contributed by atoms with Gasteiger partial charge in [-0.15, -0.1) is 0 Å². The largest absolute Gasteiger partial charge is 0.488 e. The van der Waals surface area contributed by atoms with Crippen molar-refractivity contribution in [1.29, 1.82) is 0 Å². The Balaban J connectivity index is 2.22. The molecular formula is C16H16Cl2FNO. The Morgan fingerprint density at radius 1 is 1.24 bits per heavy atom. The Kier molecular flexibility index (Phi) is 5.45. The van der Waals surface area contributed by atoms with Crippen LogP contribution in [0.1, 0.15) is 24.1 Å². The highest BCUT2D eigenvalue weighted by Gasteiger charge is 2.12. The van der Waals surface area contributed by atoms with Crippen molar-refractivity contribution >= 4 is 23.2 Å². The molecule has 0 amide bonds. The van der Waals surface area contributed by atoms with E-state index in [2.05, 4.69) is 5.32 Å². The molecule has 2 aromatic carbocycles. The second-order valence-electron chi connectivity index (χ2n) is 4.69. The van der Waals surface area contributed by atoms with Crippen LogP contribution in [0.3, 0.4) is 0 Å². The highest BCUT2D eigenvalue weighted by atomic mass is 35.5. The summed E-state index contributed by atoms with van der Waals surface area (Å²) in [5.41, 5.74) is 1.34. The predicted molar refractivity (Wildman–Crippen MR) is 84.7 cm³/mol. The number of benzene rings is 2. The van der Waals surface area contributed by atoms with Gasteiger partial charge < -0.3 is 10.1 Å². The van der Waals surface area contributed by atoms with Crippen molar-refractivity contribution in [3.63, 3.8) is 0 Å². The fourth-order valence-corrected chi connectivity index (χ4v) is 2.33. The normalized spacial score (nSPS) is 12.2. The summed E-state index contributed by atoms with van der Waals surface area (Å²) in [6, 6.07) is 10.3. The van der Waals surface area contributed by atoms with E-state index in [1.54, 1.807) is 24.3 Å². The van der Waals surface area contributed by atoms with Gasteiger partial charge in [-0.2, -0.15) is 0 Å². The maximum atomic E-state index is 13.8. The smallest absolute Gasteiger partial charge is 0.148 e. The molecule has 0 aliphatic heterocycles. The first-order chi connectivity index (χ1) is 10.0. The van der Waals surface area contributed by atoms with Crippen LogP contribution in [0.5, 0.6) is 5.75 Å². The maximum Gasteiger partial charge on any atom is 0.148 e. The number of hydrogen-bond donors (Lipinski definition) is 1. The maximum absolute atomic E-state index is 13.8. The quantitative estimate of drug-likeness (QED) is 0.835. The van der Waals surface area contributed by atoms with E-state index in [0.717, 1.165) is 5.56 Å². The SMILES string of the molecule is CNC(C)c1cc(Cl)ccc1OCc1cccc(Cl)c1F. The Hall–Kier alpha value is -1.29. The molecule has 2 aromatic rings. The minimum Gasteiger partial charge on any atom is -0.488 e. The van der Waals surface area contributed by atoms with Crippen molar-refractivity contribution in [2.24, 2.45) is 0 Å². The molecular weight excluding hydrogens is 312 g/mol. The summed E-state index contributed by atoms with van der Waals surface area (Å²) in [6.45, 7) is 2.11. The minimum absolute atomic E-state index is 0.0721. The lowest BCUT2D eigenvalue weighted by Crippen LogP contribution is -2.14. The monoisotopic (exact) mass is 327 g/mol. The molecule has 0 aliphatic rings. The van der Waals surface area contributed by atoms with E-state index in [4.69, 9.17) is 27.9 Å². The molecule has 0 heterocycles. The molecule has 1 atom stereocenters. The van der Waals surface area contributed by atoms with E-state index >= 15 is 0 Å². The van der Waals surface area contributed by atoms with Crippen molar-refractivity contribution < 1.29 is 9.13 Å². The van der Waals surface area contributed by atoms with Gasteiger partial charge in [0.05, 0.1) is 5.02 Å². The summed E-state index contributed by atoms with van der Waals surface area (Å²) in [5, 5.41) is 3.86. The molecule has 0 saturated carbocycles. The summed E-state index contributed by atoms with van der Waals surface area (Å²) in [7, 11) is 1.85. The summed E-state index contributed by atoms with van der Waals surface area (Å²) < 4.78 is 19.6. The van der Waals surface area contributed by atoms with E-state index in [9.17, 15) is 4.39 Å². The zero-order valence-electron chi connectivity index (χ0n) is 11.8. The molecule has 0 spiro atoms. The molecule has 1 N–H and O–H groups in total. The average Bonchev–Trinajstić information content (AvgIpc) is 2.49. The molecule has 0 bridgehead atoms. The average molecular weight is 328 g/mol. The van der Waals surface area contributed by atoms with Crippen LogP contribution in [0.4, 0.5) is 4.39 Å². The van der Waals surface area contributed by atoms with Gasteiger partial charge in [-0.05, 0) is 38.2 Å². The van der Waals surface area contributed by atoms with Gasteiger partial charge in [-0.1, -0.05) is 35.3 Å². The Bertz CT molecular complexity index is 634. The topological polar surface area (TPSA) is 21.3 Å². The van der Waals surface area contributed by atoms with Crippen LogP contribution >= 0.6 is 23.2 Å². The number of ether oxygens (including phenoxy) is 1. The van der Waals surface area contributed by atoms with Gasteiger partial charge in [0.1, 0.15) is 18.2 Å². The van der Waals surface area contributed by atoms with Gasteiger partial charge in [0.15, 0.2) is 0 Å². The lowest BCUT2D eigenvalue weighted by molar-refractivity contribution is 0.294. The first-order valence-electron chi connectivity index (χ1n) is 6.55. The zero-order chi connectivity index (χ0) is 15.4. The highest BCUT2D eigenvalue weighted by Crippen LogP contribution is 2.29. The van der Waals surface area contributed by atoms with Crippen LogP contribution in [0.15, 0.2) is 36.4 Å². The molecule has 2 rings (SSSR count). The molecule has 0 radical (unpaired) electrons. The summed E-state index contributed by atoms with van der Waals surface area (Å²) in [5.74, 6) is 0.219. The standard InChI is InChI=1S/C16H16Cl2FNO/c1-10(20-2)13-8-12(17)6-7-15(13)21-9-11-4-3-5-14(18)16(11)19/h3-8,10,20H,9H2,1-2H3. The van der Waals surface area contributed by atoms with Crippen molar-refractivity contribution in [2.75, 3.05) is 7.05 Å². The molecule has 1 unspecified atom stereocenters. The van der Waals surface area contributed by atoms with E-state index in [1.807, 2.05) is 20.0 Å². The third kappa shape index (κ3) is 3.88. The zero-order valence-corrected chi connectivity index (χ0v) is 13.3. The van der Waals surface area contributed by atoms with Gasteiger partial charge in [-0.3, -0.25) is 0 Å². The molecule has 0 saturated heterocycles. The van der Waals surface area contributed by atoms with Crippen LogP contribution in [0.2, 0.25) is 10.0 Å². The molecule has 2 nitrogen and oxygen atoms in total. The highest BCUT2D eigenvalue weighted by molar-refractivity contribution is 6.31. The molecule has 0 fully saturated rings. The number of hydrogen-bond acceptors (Lipinski definition) is 2. The minimum atomic E-state index is -0.448. The van der Waals surface area contributed by atoms with E-state index in [-0.39, 0.29) is 17.7 Å². The fraction of sp³-hybridized carbons (Fsp3) is 0.250. The fourth-order valence-electron chi connectivity index (χ4n) is 1.96. The molecule has 0 aromatic heterocycles. The van der Waals surface area contributed by atoms with Gasteiger partial charge in [-0.25, -0.2) is 4.39 Å². The molecule has 21 heavy (non-hydrogen) atoms. The van der Waals surface area contributed by atoms with Crippen LogP contribution < -0.4 is 10.1 Å². The summed E-state index contributed by atoms with van der Waals surface area (Å²) in [4.78, 5) is 0. The summed E-state index contributed by atoms with van der Waals surface area (Å²) in [6.07, 6.45) is 0. The van der Waals surface area contributed by atoms with Gasteiger partial charge in [0, 0.05) is 22.2 Å². The number of nitrogens with one attached hydrogen (secondary N) is 1. The predicted octanol–water partition coefficient (Wildman–Crippen LogP) is 4.99. The van der Waals surface area contributed by atoms with Crippen LogP contribution in [-0.4, -0.2) is 7.05 Å². The Morgan fingerprint density at radius 2 is 2.00 bits per heavy atom. The van der Waals surface area contributed by atoms with E-state index in [0.29, 0.717) is 16.3 Å². The first kappa shape index (κ1) is 16.1. The van der Waals surface area contributed by atoms with Crippen molar-refractivity contribution in [3.05, 3.63) is 63.4 Å². The second-order valence-corrected chi connectivity index (χ2v) is 5.54. The van der Waals surface area contributed by atoms with Crippen molar-refractivity contribution in [2.45, 2.75) is 19.6 Å². The first-order valence-corrected chi connectivity index (χ1v) is 7.31. The van der Waals surface area contributed by atoms with Crippen molar-refractivity contribution in [1.82, 2.24) is 5.32 Å².